The van der Waals surface area contributed by atoms with Gasteiger partial charge in [0.05, 0.1) is 6.61 Å². The topological polar surface area (TPSA) is 104 Å². The molecule has 2 atom stereocenters. The molecule has 0 bridgehead atoms. The highest BCUT2D eigenvalue weighted by Gasteiger charge is 2.53. The van der Waals surface area contributed by atoms with E-state index in [4.69, 9.17) is 4.52 Å². The molecule has 3 heterocycles. The van der Waals surface area contributed by atoms with E-state index in [-0.39, 0.29) is 42.2 Å². The van der Waals surface area contributed by atoms with Gasteiger partial charge in [0.25, 0.3) is 0 Å². The highest BCUT2D eigenvalue weighted by molar-refractivity contribution is 7.89. The van der Waals surface area contributed by atoms with Crippen LogP contribution in [0.25, 0.3) is 0 Å². The molecule has 2 fully saturated rings. The van der Waals surface area contributed by atoms with E-state index in [0.717, 1.165) is 0 Å². The van der Waals surface area contributed by atoms with E-state index in [1.807, 2.05) is 0 Å². The molecule has 1 aromatic heterocycles. The molecule has 24 heavy (non-hydrogen) atoms. The van der Waals surface area contributed by atoms with Crippen molar-refractivity contribution in [1.82, 2.24) is 14.4 Å². The molecule has 1 aromatic rings. The van der Waals surface area contributed by atoms with Crippen molar-refractivity contribution in [2.24, 2.45) is 11.3 Å². The van der Waals surface area contributed by atoms with Crippen LogP contribution < -0.4 is 0 Å². The molecule has 134 valence electrons. The summed E-state index contributed by atoms with van der Waals surface area (Å²) in [5, 5.41) is 13.7. The maximum Gasteiger partial charge on any atom is 0.248 e. The summed E-state index contributed by atoms with van der Waals surface area (Å²) in [4.78, 5) is 13.5. The van der Waals surface area contributed by atoms with E-state index in [9.17, 15) is 18.3 Å². The molecule has 1 N–H and O–H groups in total. The Morgan fingerprint density at radius 2 is 2.12 bits per heavy atom. The Labute approximate surface area is 141 Å². The van der Waals surface area contributed by atoms with Crippen LogP contribution in [-0.4, -0.2) is 66.6 Å². The summed E-state index contributed by atoms with van der Waals surface area (Å²) in [6, 6.07) is 0. The fourth-order valence-corrected chi connectivity index (χ4v) is 5.81. The smallest absolute Gasteiger partial charge is 0.248 e. The molecule has 0 aromatic carbocycles. The third-order valence-electron chi connectivity index (χ3n) is 5.43. The van der Waals surface area contributed by atoms with Gasteiger partial charge in [-0.05, 0) is 26.2 Å². The standard InChI is InChI=1S/C15H23N3O5S/c1-10-14(11(2)23-16-10)24(21,22)18-7-13-6-17(12(3)20)5-4-15(13,8-18)9-19/h13,19H,4-9H2,1-3H3/t13-,15+/m1/s1. The molecular formula is C15H23N3O5S. The molecule has 9 heteroatoms. The third-order valence-corrected chi connectivity index (χ3v) is 7.48. The van der Waals surface area contributed by atoms with Gasteiger partial charge in [0.2, 0.25) is 15.9 Å². The number of aryl methyl sites for hydroxylation is 2. The summed E-state index contributed by atoms with van der Waals surface area (Å²) in [6.45, 7) is 6.18. The van der Waals surface area contributed by atoms with E-state index in [1.165, 1.54) is 11.2 Å². The zero-order valence-corrected chi connectivity index (χ0v) is 15.0. The Hall–Kier alpha value is -1.45. The van der Waals surface area contributed by atoms with Crippen LogP contribution >= 0.6 is 0 Å². The number of rotatable bonds is 3. The lowest BCUT2D eigenvalue weighted by Crippen LogP contribution is -2.50. The number of aromatic nitrogens is 1. The molecule has 2 aliphatic rings. The second kappa shape index (κ2) is 5.82. The zero-order chi connectivity index (χ0) is 17.7. The molecule has 0 radical (unpaired) electrons. The monoisotopic (exact) mass is 357 g/mol. The molecule has 3 rings (SSSR count). The maximum atomic E-state index is 13.0. The van der Waals surface area contributed by atoms with Crippen LogP contribution in [-0.2, 0) is 14.8 Å². The zero-order valence-electron chi connectivity index (χ0n) is 14.2. The predicted octanol–water partition coefficient (Wildman–Crippen LogP) is 0.143. The lowest BCUT2D eigenvalue weighted by molar-refractivity contribution is -0.133. The van der Waals surface area contributed by atoms with Crippen LogP contribution in [0.2, 0.25) is 0 Å². The number of aliphatic hydroxyl groups is 1. The van der Waals surface area contributed by atoms with E-state index in [1.54, 1.807) is 18.7 Å². The molecule has 0 unspecified atom stereocenters. The average Bonchev–Trinajstić information content (AvgIpc) is 3.07. The van der Waals surface area contributed by atoms with Crippen molar-refractivity contribution < 1.29 is 22.8 Å². The van der Waals surface area contributed by atoms with Crippen LogP contribution in [0.3, 0.4) is 0 Å². The number of likely N-dealkylation sites (tertiary alicyclic amines) is 1. The van der Waals surface area contributed by atoms with E-state index < -0.39 is 15.4 Å². The Balaban J connectivity index is 1.91. The first-order valence-electron chi connectivity index (χ1n) is 8.01. The lowest BCUT2D eigenvalue weighted by Gasteiger charge is -2.42. The maximum absolute atomic E-state index is 13.0. The van der Waals surface area contributed by atoms with Crippen LogP contribution in [0.1, 0.15) is 24.8 Å². The molecule has 8 nitrogen and oxygen atoms in total. The van der Waals surface area contributed by atoms with E-state index in [0.29, 0.717) is 25.2 Å². The number of nitrogens with zero attached hydrogens (tertiary/aromatic N) is 3. The normalized spacial score (nSPS) is 28.2. The number of sulfonamides is 1. The van der Waals surface area contributed by atoms with Crippen LogP contribution in [0.4, 0.5) is 0 Å². The summed E-state index contributed by atoms with van der Waals surface area (Å²) < 4.78 is 32.4. The fraction of sp³-hybridized carbons (Fsp3) is 0.733. The molecule has 0 saturated carbocycles. The number of aliphatic hydroxyl groups excluding tert-OH is 1. The largest absolute Gasteiger partial charge is 0.396 e. The van der Waals surface area contributed by atoms with Gasteiger partial charge in [-0.3, -0.25) is 4.79 Å². The third kappa shape index (κ3) is 2.55. The first-order valence-corrected chi connectivity index (χ1v) is 9.45. The van der Waals surface area contributed by atoms with Gasteiger partial charge < -0.3 is 14.5 Å². The van der Waals surface area contributed by atoms with Crippen LogP contribution in [0, 0.1) is 25.2 Å². The van der Waals surface area contributed by atoms with Gasteiger partial charge in [0, 0.05) is 38.5 Å². The molecule has 0 aliphatic carbocycles. The molecular weight excluding hydrogens is 334 g/mol. The van der Waals surface area contributed by atoms with Crippen molar-refractivity contribution in [2.75, 3.05) is 32.8 Å². The first kappa shape index (κ1) is 17.4. The van der Waals surface area contributed by atoms with Crippen molar-refractivity contribution >= 4 is 15.9 Å². The van der Waals surface area contributed by atoms with Gasteiger partial charge in [-0.2, -0.15) is 4.31 Å². The summed E-state index contributed by atoms with van der Waals surface area (Å²) in [5.74, 6) is 0.176. The second-order valence-corrected chi connectivity index (χ2v) is 8.76. The van der Waals surface area contributed by atoms with Crippen molar-refractivity contribution in [1.29, 1.82) is 0 Å². The highest BCUT2D eigenvalue weighted by atomic mass is 32.2. The highest BCUT2D eigenvalue weighted by Crippen LogP contribution is 2.44. The number of amides is 1. The fourth-order valence-electron chi connectivity index (χ4n) is 3.93. The summed E-state index contributed by atoms with van der Waals surface area (Å²) in [5.41, 5.74) is -0.149. The molecule has 2 saturated heterocycles. The van der Waals surface area contributed by atoms with Gasteiger partial charge in [0.1, 0.15) is 10.6 Å². The lowest BCUT2D eigenvalue weighted by atomic mass is 9.73. The Bertz CT molecular complexity index is 740. The van der Waals surface area contributed by atoms with Gasteiger partial charge in [-0.1, -0.05) is 5.16 Å². The van der Waals surface area contributed by atoms with Gasteiger partial charge in [-0.15, -0.1) is 0 Å². The first-order chi connectivity index (χ1) is 11.2. The van der Waals surface area contributed by atoms with Crippen molar-refractivity contribution in [3.63, 3.8) is 0 Å². The Morgan fingerprint density at radius 1 is 1.42 bits per heavy atom. The number of fused-ring (bicyclic) bond motifs is 1. The average molecular weight is 357 g/mol. The van der Waals surface area contributed by atoms with E-state index in [2.05, 4.69) is 5.16 Å². The minimum Gasteiger partial charge on any atom is -0.396 e. The number of hydrogen-bond acceptors (Lipinski definition) is 6. The number of hydrogen-bond donors (Lipinski definition) is 1. The number of carbonyl (C=O) groups is 1. The van der Waals surface area contributed by atoms with Gasteiger partial charge in [0.15, 0.2) is 5.76 Å². The quantitative estimate of drug-likeness (QED) is 0.825. The SMILES string of the molecule is CC(=O)N1CC[C@@]2(CO)CN(S(=O)(=O)c3c(C)noc3C)C[C@H]2C1. The van der Waals surface area contributed by atoms with Crippen molar-refractivity contribution in [3.8, 4) is 0 Å². The summed E-state index contributed by atoms with van der Waals surface area (Å²) >= 11 is 0. The van der Waals surface area contributed by atoms with Gasteiger partial charge >= 0.3 is 0 Å². The molecule has 2 aliphatic heterocycles. The summed E-state index contributed by atoms with van der Waals surface area (Å²) in [6.07, 6.45) is 0.599. The summed E-state index contributed by atoms with van der Waals surface area (Å²) in [7, 11) is -3.74. The predicted molar refractivity (Wildman–Crippen MR) is 84.6 cm³/mol. The van der Waals surface area contributed by atoms with Crippen molar-refractivity contribution in [2.45, 2.75) is 32.1 Å². The van der Waals surface area contributed by atoms with Crippen molar-refractivity contribution in [3.05, 3.63) is 11.5 Å². The Kier molecular flexibility index (Phi) is 4.21. The molecule has 0 spiro atoms. The Morgan fingerprint density at radius 3 is 2.67 bits per heavy atom. The number of carbonyl (C=O) groups excluding carboxylic acids is 1. The van der Waals surface area contributed by atoms with Crippen LogP contribution in [0.5, 0.6) is 0 Å². The second-order valence-electron chi connectivity index (χ2n) is 6.88. The van der Waals surface area contributed by atoms with Crippen LogP contribution in [0.15, 0.2) is 9.42 Å². The number of piperidine rings is 1. The minimum absolute atomic E-state index is 0.0198. The van der Waals surface area contributed by atoms with Gasteiger partial charge in [-0.25, -0.2) is 8.42 Å². The minimum atomic E-state index is -3.74. The molecule has 1 amide bonds. The van der Waals surface area contributed by atoms with E-state index >= 15 is 0 Å².